The Labute approximate surface area is 352 Å². The van der Waals surface area contributed by atoms with Crippen molar-refractivity contribution in [3.8, 4) is 22.3 Å². The number of rotatable bonds is 10. The van der Waals surface area contributed by atoms with E-state index < -0.39 is 43.3 Å². The molecule has 17 heteroatoms. The molecule has 0 fully saturated rings. The summed E-state index contributed by atoms with van der Waals surface area (Å²) in [6.45, 7) is 9.46. The van der Waals surface area contributed by atoms with Gasteiger partial charge in [-0.25, -0.2) is 31.6 Å². The molecular formula is C41H43ClF2N4O6S4. The van der Waals surface area contributed by atoms with Gasteiger partial charge in [-0.15, -0.1) is 35.1 Å². The summed E-state index contributed by atoms with van der Waals surface area (Å²) in [4.78, 5) is 22.9. The van der Waals surface area contributed by atoms with Crippen molar-refractivity contribution >= 4 is 60.8 Å². The van der Waals surface area contributed by atoms with Crippen molar-refractivity contribution in [1.82, 2.24) is 20.2 Å². The SMILES string of the molecule is CNCc1sc(S(=O)(=O)c2ccccc2)c(-c2cccnc2F)c1C.Cc1c(CN(C)C(=O)OC(C)(C)C)sc(S(=O)(=O)c2ccccc2)c1-c1cccnc1F.Cl. The zero-order valence-corrected chi connectivity index (χ0v) is 36.8. The highest BCUT2D eigenvalue weighted by Crippen LogP contribution is 2.44. The van der Waals surface area contributed by atoms with Crippen LogP contribution in [0.3, 0.4) is 0 Å². The first kappa shape index (κ1) is 46.1. The summed E-state index contributed by atoms with van der Waals surface area (Å²) in [5.41, 5.74) is 1.62. The van der Waals surface area contributed by atoms with Crippen molar-refractivity contribution in [3.05, 3.63) is 130 Å². The number of sulfone groups is 2. The molecule has 0 atom stereocenters. The van der Waals surface area contributed by atoms with Gasteiger partial charge >= 0.3 is 6.09 Å². The highest BCUT2D eigenvalue weighted by Gasteiger charge is 2.32. The topological polar surface area (TPSA) is 136 Å². The van der Waals surface area contributed by atoms with Crippen LogP contribution < -0.4 is 5.32 Å². The second kappa shape index (κ2) is 19.0. The van der Waals surface area contributed by atoms with Gasteiger partial charge in [0.2, 0.25) is 31.6 Å². The van der Waals surface area contributed by atoms with Gasteiger partial charge in [0.15, 0.2) is 0 Å². The summed E-state index contributed by atoms with van der Waals surface area (Å²) in [7, 11) is -4.33. The van der Waals surface area contributed by atoms with Crippen molar-refractivity contribution in [3.63, 3.8) is 0 Å². The molecule has 308 valence electrons. The van der Waals surface area contributed by atoms with E-state index in [1.54, 1.807) is 109 Å². The maximum absolute atomic E-state index is 14.6. The van der Waals surface area contributed by atoms with Crippen LogP contribution in [0, 0.1) is 25.7 Å². The Morgan fingerprint density at radius 1 is 0.724 bits per heavy atom. The monoisotopic (exact) mass is 888 g/mol. The van der Waals surface area contributed by atoms with Crippen molar-refractivity contribution < 1.29 is 35.1 Å². The number of ether oxygens (including phenoxy) is 1. The molecule has 0 saturated heterocycles. The third kappa shape index (κ3) is 10.2. The van der Waals surface area contributed by atoms with E-state index in [2.05, 4.69) is 15.3 Å². The molecule has 4 aromatic heterocycles. The van der Waals surface area contributed by atoms with E-state index >= 15 is 0 Å². The van der Waals surface area contributed by atoms with Crippen LogP contribution in [0.5, 0.6) is 0 Å². The fourth-order valence-electron chi connectivity index (χ4n) is 5.72. The number of thiophene rings is 2. The minimum absolute atomic E-state index is 0. The first-order valence-electron chi connectivity index (χ1n) is 17.5. The number of nitrogens with zero attached hydrogens (tertiary/aromatic N) is 3. The van der Waals surface area contributed by atoms with E-state index in [0.29, 0.717) is 22.5 Å². The van der Waals surface area contributed by atoms with Crippen LogP contribution in [0.15, 0.2) is 116 Å². The smallest absolute Gasteiger partial charge is 0.410 e. The molecule has 6 rings (SSSR count). The molecule has 10 nitrogen and oxygen atoms in total. The number of carbonyl (C=O) groups excluding carboxylic acids is 1. The van der Waals surface area contributed by atoms with Gasteiger partial charge in [0.05, 0.1) is 16.3 Å². The molecule has 58 heavy (non-hydrogen) atoms. The lowest BCUT2D eigenvalue weighted by atomic mass is 10.1. The summed E-state index contributed by atoms with van der Waals surface area (Å²) < 4.78 is 87.7. The molecular weight excluding hydrogens is 846 g/mol. The summed E-state index contributed by atoms with van der Waals surface area (Å²) in [6.07, 6.45) is 2.12. The van der Waals surface area contributed by atoms with Crippen molar-refractivity contribution in [2.45, 2.75) is 71.5 Å². The predicted molar refractivity (Wildman–Crippen MR) is 226 cm³/mol. The second-order valence-corrected chi connectivity index (χ2v) is 20.3. The molecule has 0 saturated carbocycles. The van der Waals surface area contributed by atoms with Crippen LogP contribution in [0.2, 0.25) is 0 Å². The van der Waals surface area contributed by atoms with Crippen LogP contribution in [-0.4, -0.2) is 57.5 Å². The van der Waals surface area contributed by atoms with Gasteiger partial charge < -0.3 is 15.0 Å². The van der Waals surface area contributed by atoms with Crippen molar-refractivity contribution in [1.29, 1.82) is 0 Å². The number of amides is 1. The molecule has 2 aromatic carbocycles. The van der Waals surface area contributed by atoms with Gasteiger partial charge in [-0.3, -0.25) is 0 Å². The van der Waals surface area contributed by atoms with E-state index in [1.807, 2.05) is 6.92 Å². The van der Waals surface area contributed by atoms with Crippen LogP contribution in [0.1, 0.15) is 41.7 Å². The van der Waals surface area contributed by atoms with E-state index in [9.17, 15) is 30.4 Å². The fraction of sp³-hybridized carbons (Fsp3) is 0.244. The molecule has 0 unspecified atom stereocenters. The predicted octanol–water partition coefficient (Wildman–Crippen LogP) is 9.69. The van der Waals surface area contributed by atoms with E-state index in [-0.39, 0.29) is 53.9 Å². The minimum Gasteiger partial charge on any atom is -0.444 e. The van der Waals surface area contributed by atoms with Gasteiger partial charge in [-0.2, -0.15) is 8.78 Å². The number of hydrogen-bond donors (Lipinski definition) is 1. The summed E-state index contributed by atoms with van der Waals surface area (Å²) in [6, 6.07) is 22.4. The Hall–Kier alpha value is -4.58. The average Bonchev–Trinajstić information content (AvgIpc) is 3.68. The molecule has 1 amide bonds. The van der Waals surface area contributed by atoms with Crippen LogP contribution >= 0.6 is 35.1 Å². The summed E-state index contributed by atoms with van der Waals surface area (Å²) in [5, 5.41) is 3.03. The number of benzene rings is 2. The summed E-state index contributed by atoms with van der Waals surface area (Å²) >= 11 is 2.19. The Bertz CT molecular complexity index is 2600. The number of nitrogens with one attached hydrogen (secondary N) is 1. The van der Waals surface area contributed by atoms with Gasteiger partial charge in [0, 0.05) is 58.0 Å². The number of aromatic nitrogens is 2. The average molecular weight is 890 g/mol. The Kier molecular flexibility index (Phi) is 15.1. The van der Waals surface area contributed by atoms with Crippen LogP contribution in [-0.2, 0) is 37.5 Å². The maximum Gasteiger partial charge on any atom is 0.410 e. The maximum atomic E-state index is 14.6. The first-order chi connectivity index (χ1) is 26.9. The van der Waals surface area contributed by atoms with Crippen LogP contribution in [0.4, 0.5) is 13.6 Å². The van der Waals surface area contributed by atoms with E-state index in [4.69, 9.17) is 4.74 Å². The first-order valence-corrected chi connectivity index (χ1v) is 22.1. The normalized spacial score (nSPS) is 11.6. The quantitative estimate of drug-likeness (QED) is 0.133. The zero-order valence-electron chi connectivity index (χ0n) is 32.7. The lowest BCUT2D eigenvalue weighted by molar-refractivity contribution is 0.0286. The van der Waals surface area contributed by atoms with E-state index in [0.717, 1.165) is 21.8 Å². The Morgan fingerprint density at radius 2 is 1.14 bits per heavy atom. The molecule has 0 radical (unpaired) electrons. The summed E-state index contributed by atoms with van der Waals surface area (Å²) in [5.74, 6) is -1.44. The molecule has 6 aromatic rings. The second-order valence-electron chi connectivity index (χ2n) is 13.8. The van der Waals surface area contributed by atoms with E-state index in [1.165, 1.54) is 46.8 Å². The standard InChI is InChI=1S/C23H25FN2O4S2.C18H17FN2O2S2.ClH/c1-15-18(14-26(5)22(27)30-23(2,3)4)31-21(19(15)17-12-9-13-25-20(17)24)32(28,29)16-10-7-6-8-11-16;1-12-15(11-20-2)24-18(16(12)14-9-6-10-21-17(14)19)25(22,23)13-7-4-3-5-8-13;/h6-13H,14H2,1-5H3;3-10,20H,11H2,1-2H3;1H. The highest BCUT2D eigenvalue weighted by atomic mass is 35.5. The molecule has 0 bridgehead atoms. The largest absolute Gasteiger partial charge is 0.444 e. The molecule has 0 aliphatic carbocycles. The van der Waals surface area contributed by atoms with Crippen molar-refractivity contribution in [2.24, 2.45) is 0 Å². The third-order valence-corrected chi connectivity index (χ3v) is 15.6. The zero-order chi connectivity index (χ0) is 41.7. The highest BCUT2D eigenvalue weighted by molar-refractivity contribution is 7.94. The number of pyridine rings is 2. The molecule has 0 aliphatic heterocycles. The Morgan fingerprint density at radius 3 is 1.53 bits per heavy atom. The molecule has 0 aliphatic rings. The Balaban J connectivity index is 0.000000259. The third-order valence-electron chi connectivity index (χ3n) is 8.50. The van der Waals surface area contributed by atoms with Gasteiger partial charge in [0.25, 0.3) is 0 Å². The minimum atomic E-state index is -3.93. The van der Waals surface area contributed by atoms with Crippen molar-refractivity contribution in [2.75, 3.05) is 14.1 Å². The number of hydrogen-bond acceptors (Lipinski definition) is 11. The van der Waals surface area contributed by atoms with Gasteiger partial charge in [0.1, 0.15) is 14.0 Å². The fourth-order valence-corrected chi connectivity index (χ4v) is 12.5. The molecule has 4 heterocycles. The van der Waals surface area contributed by atoms with Gasteiger partial charge in [-0.1, -0.05) is 36.4 Å². The molecule has 1 N–H and O–H groups in total. The number of carbonyl (C=O) groups is 1. The number of halogens is 3. The van der Waals surface area contributed by atoms with Crippen LogP contribution in [0.25, 0.3) is 22.3 Å². The lowest BCUT2D eigenvalue weighted by Gasteiger charge is -2.24. The lowest BCUT2D eigenvalue weighted by Crippen LogP contribution is -2.33. The molecule has 0 spiro atoms. The van der Waals surface area contributed by atoms with Gasteiger partial charge in [-0.05, 0) is 101 Å².